The third-order valence-electron chi connectivity index (χ3n) is 30.1. The van der Waals surface area contributed by atoms with Crippen LogP contribution in [0.25, 0.3) is 0 Å². The minimum Gasteiger partial charge on any atom is -0.378 e. The molecule has 0 spiro atoms. The first-order valence-corrected chi connectivity index (χ1v) is 52.2. The van der Waals surface area contributed by atoms with Gasteiger partial charge in [-0.2, -0.15) is 0 Å². The summed E-state index contributed by atoms with van der Waals surface area (Å²) in [5, 5.41) is 3.37. The van der Waals surface area contributed by atoms with Gasteiger partial charge in [-0.25, -0.2) is 0 Å². The fourth-order valence-electron chi connectivity index (χ4n) is 20.6. The molecule has 9 fully saturated rings. The number of likely N-dealkylation sites (N-methyl/N-ethyl adjacent to an activating group) is 6. The van der Waals surface area contributed by atoms with Crippen molar-refractivity contribution in [2.45, 2.75) is 323 Å². The highest BCUT2D eigenvalue weighted by molar-refractivity contribution is 5.57. The lowest BCUT2D eigenvalue weighted by Gasteiger charge is -2.37. The number of piperidine rings is 1. The maximum absolute atomic E-state index is 5.30. The lowest BCUT2D eigenvalue weighted by atomic mass is 9.92. The van der Waals surface area contributed by atoms with Gasteiger partial charge in [0, 0.05) is 171 Å². The maximum Gasteiger partial charge on any atom is 0.0622 e. The minimum atomic E-state index is 0.666. The Hall–Kier alpha value is -5.02. The Morgan fingerprint density at radius 2 is 0.859 bits per heavy atom. The number of nitrogens with one attached hydrogen (secondary N) is 1. The molecule has 16 nitrogen and oxygen atoms in total. The Kier molecular flexibility index (Phi) is 58.2. The number of para-hydroxylation sites is 1. The molecule has 0 radical (unpaired) electrons. The molecule has 10 atom stereocenters. The van der Waals surface area contributed by atoms with Crippen molar-refractivity contribution in [2.24, 2.45) is 7.05 Å². The maximum atomic E-state index is 5.30. The summed E-state index contributed by atoms with van der Waals surface area (Å²) < 4.78 is 7.44. The van der Waals surface area contributed by atoms with Gasteiger partial charge < -0.3 is 63.6 Å². The average Bonchev–Trinajstić information content (AvgIpc) is 1.80. The number of ether oxygens (including phenoxy) is 1. The van der Waals surface area contributed by atoms with Crippen LogP contribution in [-0.4, -0.2) is 315 Å². The fourth-order valence-corrected chi connectivity index (χ4v) is 20.6. The summed E-state index contributed by atoms with van der Waals surface area (Å²) in [5.74, 6) is 0.694. The van der Waals surface area contributed by atoms with Crippen molar-refractivity contribution < 1.29 is 4.74 Å². The van der Waals surface area contributed by atoms with Crippen molar-refractivity contribution in [3.8, 4) is 0 Å². The number of benzene rings is 4. The van der Waals surface area contributed by atoms with E-state index in [1.165, 1.54) is 303 Å². The van der Waals surface area contributed by atoms with Crippen molar-refractivity contribution >= 4 is 5.69 Å². The van der Waals surface area contributed by atoms with Crippen LogP contribution in [-0.2, 0) is 37.6 Å². The van der Waals surface area contributed by atoms with Crippen molar-refractivity contribution in [1.29, 1.82) is 0 Å². The second kappa shape index (κ2) is 65.6. The second-order valence-electron chi connectivity index (χ2n) is 39.5. The summed E-state index contributed by atoms with van der Waals surface area (Å²) in [7, 11) is 30.8. The molecule has 9 saturated heterocycles. The van der Waals surface area contributed by atoms with E-state index in [4.69, 9.17) is 4.74 Å². The number of aryl methyl sites for hydroxylation is 4. The van der Waals surface area contributed by atoms with E-state index in [2.05, 4.69) is 377 Å². The number of morpholine rings is 1. The van der Waals surface area contributed by atoms with Crippen molar-refractivity contribution in [1.82, 2.24) is 68.7 Å². The number of nitrogens with zero attached hydrogens (tertiary/aromatic N) is 14. The third kappa shape index (κ3) is 41.0. The third-order valence-corrected chi connectivity index (χ3v) is 30.1. The summed E-state index contributed by atoms with van der Waals surface area (Å²) >= 11 is 0. The van der Waals surface area contributed by atoms with Gasteiger partial charge in [0.05, 0.1) is 13.2 Å². The molecule has 730 valence electrons. The van der Waals surface area contributed by atoms with Gasteiger partial charge in [-0.3, -0.25) is 14.7 Å². The standard InChI is InChI=1S/C13H19N.C12H17N.C11H15N.C9H11N.C9H19N.C8H18N2.C8H17N.C8H15N.C7H16N2.C7H15NO.C7H15N.C7H11N.C6H13N/c1-3-11-7-4-5-8-12(11)13-9-6-10-14(13)2;1-10-6-3-4-7-11(10)12-8-5-9-13(12)2;1-9-7-12(2)8-10-5-3-4-6-11(9)10;1-10-7-6-8-4-2-3-5-9(8)10;1-3-9-7-5-4-6-8-10(9)2;1-4-8-7-9(2)5-6-10(8)3;2*1-3-8-6-4-5-7-9(8)2;1-3-7-6-8-4-5-9(7)2;1-3-7-6-9-5-4-8(7)2;2*1-3-7-5-4-6-8(7)2;1-3-6-4-5-7(6)2/h4-5,7-8,13H,3,6,9-10H2,1-2H3;3-4,6-7,12H,5,8-9H2,1-2H3;3-6,9H,7-8H2,1-2H3;2-5H,6-7H2,1H3;9H,3-8H2,1-2H3;8H,4-7H2,1-3H3;8H,3-7H2,1-2H3;6H,3-5,7H2,1-2H3;7-8H,3-6H2,1-2H3;7H,3-6H2,1-2H3;7H,3-6H2,1-2H3;4-6H,3H2,1-2H3;6H,3-5H2,1-2H3. The molecule has 12 aliphatic heterocycles. The SMILES string of the molecule is CC1CN(C)Cc2ccccc21.CCC1=CCCCN1C.CCC1CCCCCN1C.CCC1CCCCN1C.CCC1CCCN1C.CCC1CCN1C.CCC1CN(C)CCN1C.CCC1CNCCN1C.CCC1COCCN1C.CCc1ccccc1C1CCCN1C.CCc1cccn1C.CN1CCc2ccccc21.Cc1ccccc1C1CCCN1C. The van der Waals surface area contributed by atoms with Crippen LogP contribution in [0.3, 0.4) is 0 Å². The summed E-state index contributed by atoms with van der Waals surface area (Å²) in [6.45, 7) is 49.6. The largest absolute Gasteiger partial charge is 0.378 e. The zero-order valence-corrected chi connectivity index (χ0v) is 88.0. The Labute approximate surface area is 791 Å². The number of fused-ring (bicyclic) bond motifs is 2. The minimum absolute atomic E-state index is 0.666. The Morgan fingerprint density at radius 3 is 1.33 bits per heavy atom. The summed E-state index contributed by atoms with van der Waals surface area (Å²) in [6.07, 6.45) is 40.4. The van der Waals surface area contributed by atoms with Gasteiger partial charge in [-0.05, 0) is 341 Å². The van der Waals surface area contributed by atoms with Crippen molar-refractivity contribution in [3.05, 3.63) is 172 Å². The lowest BCUT2D eigenvalue weighted by molar-refractivity contribution is 0.00477. The van der Waals surface area contributed by atoms with Crippen LogP contribution in [0.1, 0.15) is 293 Å². The first kappa shape index (κ1) is 113. The van der Waals surface area contributed by atoms with Gasteiger partial charge in [-0.15, -0.1) is 0 Å². The number of hydrogen-bond acceptors (Lipinski definition) is 15. The van der Waals surface area contributed by atoms with Gasteiger partial charge in [0.15, 0.2) is 0 Å². The van der Waals surface area contributed by atoms with Crippen LogP contribution in [0, 0.1) is 6.92 Å². The highest BCUT2D eigenvalue weighted by atomic mass is 16.5. The number of anilines is 1. The van der Waals surface area contributed by atoms with Gasteiger partial charge in [0.25, 0.3) is 0 Å². The van der Waals surface area contributed by atoms with E-state index in [1.807, 2.05) is 0 Å². The fraction of sp³-hybridized carbons (Fsp3) is 0.732. The molecule has 0 amide bonds. The molecule has 16 heteroatoms. The van der Waals surface area contributed by atoms with Crippen LogP contribution >= 0.6 is 0 Å². The molecule has 10 unspecified atom stereocenters. The van der Waals surface area contributed by atoms with E-state index in [0.29, 0.717) is 24.0 Å². The zero-order valence-electron chi connectivity index (χ0n) is 88.0. The Bertz CT molecular complexity index is 3560. The average molecular weight is 1770 g/mol. The number of allylic oxidation sites excluding steroid dienone is 2. The van der Waals surface area contributed by atoms with E-state index in [9.17, 15) is 0 Å². The molecule has 1 aromatic heterocycles. The topological polar surface area (TPSA) is 68.3 Å². The zero-order chi connectivity index (χ0) is 93.7. The number of hydrogen-bond donors (Lipinski definition) is 1. The molecule has 5 aromatic rings. The number of likely N-dealkylation sites (tertiary alicyclic amines) is 6. The molecule has 17 rings (SSSR count). The molecule has 1 N–H and O–H groups in total. The Balaban J connectivity index is 0.000000247. The number of aromatic nitrogens is 1. The van der Waals surface area contributed by atoms with Gasteiger partial charge in [0.1, 0.15) is 0 Å². The second-order valence-corrected chi connectivity index (χ2v) is 39.5. The number of rotatable bonds is 12. The smallest absolute Gasteiger partial charge is 0.0622 e. The summed E-state index contributed by atoms with van der Waals surface area (Å²) in [4.78, 5) is 31.5. The van der Waals surface area contributed by atoms with Crippen LogP contribution in [0.5, 0.6) is 0 Å². The molecule has 0 saturated carbocycles. The summed E-state index contributed by atoms with van der Waals surface area (Å²) in [6, 6.07) is 46.3. The van der Waals surface area contributed by atoms with E-state index >= 15 is 0 Å². The molecule has 128 heavy (non-hydrogen) atoms. The lowest BCUT2D eigenvalue weighted by Crippen LogP contribution is -2.49. The molecule has 12 aliphatic rings. The first-order valence-electron chi connectivity index (χ1n) is 52.2. The van der Waals surface area contributed by atoms with Gasteiger partial charge >= 0.3 is 0 Å². The van der Waals surface area contributed by atoms with Crippen LogP contribution < -0.4 is 10.2 Å². The van der Waals surface area contributed by atoms with Crippen LogP contribution in [0.2, 0.25) is 0 Å². The molecule has 13 heterocycles. The monoisotopic (exact) mass is 1770 g/mol. The predicted molar refractivity (Wildman–Crippen MR) is 560 cm³/mol. The van der Waals surface area contributed by atoms with E-state index in [1.54, 1.807) is 5.56 Å². The van der Waals surface area contributed by atoms with E-state index in [0.717, 1.165) is 81.9 Å². The van der Waals surface area contributed by atoms with Crippen molar-refractivity contribution in [3.63, 3.8) is 0 Å². The first-order chi connectivity index (χ1) is 61.7. The normalized spacial score (nSPS) is 25.3. The van der Waals surface area contributed by atoms with Crippen LogP contribution in [0.4, 0.5) is 5.69 Å². The van der Waals surface area contributed by atoms with Crippen molar-refractivity contribution in [2.75, 3.05) is 214 Å². The Morgan fingerprint density at radius 1 is 0.359 bits per heavy atom. The molecule has 4 aromatic carbocycles. The van der Waals surface area contributed by atoms with Gasteiger partial charge in [0.2, 0.25) is 0 Å². The summed E-state index contributed by atoms with van der Waals surface area (Å²) in [5.41, 5.74) is 14.9. The predicted octanol–water partition coefficient (Wildman–Crippen LogP) is 21.7. The van der Waals surface area contributed by atoms with E-state index in [-0.39, 0.29) is 0 Å². The number of piperazine rings is 2. The highest BCUT2D eigenvalue weighted by Gasteiger charge is 2.28. The quantitative estimate of drug-likeness (QED) is 0.129. The van der Waals surface area contributed by atoms with E-state index < -0.39 is 0 Å². The molecule has 0 aliphatic carbocycles. The van der Waals surface area contributed by atoms with Gasteiger partial charge in [-0.1, -0.05) is 192 Å². The highest BCUT2D eigenvalue weighted by Crippen LogP contribution is 2.35. The molecule has 0 bridgehead atoms. The molecular formula is C112H201N15O. The van der Waals surface area contributed by atoms with Crippen LogP contribution in [0.15, 0.2) is 127 Å². The molecular weight excluding hydrogens is 1570 g/mol.